The van der Waals surface area contributed by atoms with E-state index in [4.69, 9.17) is 4.74 Å². The third-order valence-corrected chi connectivity index (χ3v) is 1.81. The van der Waals surface area contributed by atoms with Crippen molar-refractivity contribution in [1.82, 2.24) is 0 Å². The Hall–Kier alpha value is -0.700. The van der Waals surface area contributed by atoms with E-state index in [2.05, 4.69) is 11.6 Å². The van der Waals surface area contributed by atoms with E-state index in [1.807, 2.05) is 20.1 Å². The van der Waals surface area contributed by atoms with Gasteiger partial charge in [0.05, 0.1) is 7.11 Å². The van der Waals surface area contributed by atoms with Crippen LogP contribution in [0.5, 0.6) is 0 Å². The summed E-state index contributed by atoms with van der Waals surface area (Å²) in [5, 5.41) is 0.868. The predicted molar refractivity (Wildman–Crippen MR) is 56.5 cm³/mol. The molecule has 2 nitrogen and oxygen atoms in total. The van der Waals surface area contributed by atoms with Crippen LogP contribution in [-0.4, -0.2) is 19.1 Å². The summed E-state index contributed by atoms with van der Waals surface area (Å²) in [5.41, 5.74) is 1.01. The summed E-state index contributed by atoms with van der Waals surface area (Å²) < 4.78 is 5.09. The van der Waals surface area contributed by atoms with E-state index in [-0.39, 0.29) is 0 Å². The van der Waals surface area contributed by atoms with E-state index in [1.165, 1.54) is 0 Å². The molecule has 0 atom stereocenters. The zero-order chi connectivity index (χ0) is 9.56. The summed E-state index contributed by atoms with van der Waals surface area (Å²) in [7, 11) is 1.62. The van der Waals surface area contributed by atoms with Gasteiger partial charge in [0.15, 0.2) is 0 Å². The van der Waals surface area contributed by atoms with Crippen molar-refractivity contribution in [3.63, 3.8) is 0 Å². The molecule has 0 aliphatic rings. The van der Waals surface area contributed by atoms with Crippen LogP contribution in [0.15, 0.2) is 28.4 Å². The molecule has 0 aromatic carbocycles. The quantitative estimate of drug-likeness (QED) is 0.381. The van der Waals surface area contributed by atoms with Crippen LogP contribution in [0.1, 0.15) is 13.8 Å². The zero-order valence-corrected chi connectivity index (χ0v) is 8.86. The maximum Gasteiger partial charge on any atom is 0.150 e. The van der Waals surface area contributed by atoms with Crippen molar-refractivity contribution in [3.05, 3.63) is 23.4 Å². The van der Waals surface area contributed by atoms with Gasteiger partial charge in [-0.1, -0.05) is 6.58 Å². The SMILES string of the molecule is C=CC(OC)=C(N=C(C)C)SC. The first kappa shape index (κ1) is 11.3. The van der Waals surface area contributed by atoms with E-state index in [0.29, 0.717) is 0 Å². The molecule has 0 heterocycles. The van der Waals surface area contributed by atoms with Gasteiger partial charge >= 0.3 is 0 Å². The number of ether oxygens (including phenoxy) is 1. The van der Waals surface area contributed by atoms with Crippen LogP contribution >= 0.6 is 11.8 Å². The predicted octanol–water partition coefficient (Wildman–Crippen LogP) is 2.83. The number of allylic oxidation sites excluding steroid dienone is 1. The number of hydrogen-bond donors (Lipinski definition) is 0. The van der Waals surface area contributed by atoms with E-state index in [9.17, 15) is 0 Å². The number of rotatable bonds is 4. The lowest BCUT2D eigenvalue weighted by atomic mass is 10.5. The van der Waals surface area contributed by atoms with Crippen LogP contribution in [0.3, 0.4) is 0 Å². The highest BCUT2D eigenvalue weighted by molar-refractivity contribution is 8.02. The van der Waals surface area contributed by atoms with Gasteiger partial charge in [-0.25, -0.2) is 4.99 Å². The first-order chi connectivity index (χ1) is 5.65. The van der Waals surface area contributed by atoms with E-state index >= 15 is 0 Å². The molecule has 0 aliphatic heterocycles. The third-order valence-electron chi connectivity index (χ3n) is 1.13. The van der Waals surface area contributed by atoms with Crippen molar-refractivity contribution < 1.29 is 4.74 Å². The minimum absolute atomic E-state index is 0.726. The topological polar surface area (TPSA) is 21.6 Å². The first-order valence-electron chi connectivity index (χ1n) is 3.62. The molecular formula is C9H15NOS. The van der Waals surface area contributed by atoms with Crippen LogP contribution in [0.4, 0.5) is 0 Å². The Morgan fingerprint density at radius 1 is 1.50 bits per heavy atom. The molecule has 68 valence electrons. The molecule has 0 aromatic rings. The number of nitrogens with zero attached hydrogens (tertiary/aromatic N) is 1. The lowest BCUT2D eigenvalue weighted by Crippen LogP contribution is -1.89. The second-order valence-corrected chi connectivity index (χ2v) is 3.14. The molecule has 0 radical (unpaired) electrons. The largest absolute Gasteiger partial charge is 0.494 e. The summed E-state index contributed by atoms with van der Waals surface area (Å²) in [5.74, 6) is 0.726. The molecule has 0 aliphatic carbocycles. The molecule has 0 saturated heterocycles. The monoisotopic (exact) mass is 185 g/mol. The molecule has 0 amide bonds. The molecule has 0 saturated carbocycles. The molecule has 12 heavy (non-hydrogen) atoms. The Bertz CT molecular complexity index is 215. The average Bonchev–Trinajstić information content (AvgIpc) is 2.04. The van der Waals surface area contributed by atoms with Gasteiger partial charge in [0.25, 0.3) is 0 Å². The zero-order valence-electron chi connectivity index (χ0n) is 8.05. The second kappa shape index (κ2) is 5.89. The minimum Gasteiger partial charge on any atom is -0.494 e. The number of aliphatic imine (C=N–C) groups is 1. The van der Waals surface area contributed by atoms with Crippen molar-refractivity contribution in [2.75, 3.05) is 13.4 Å². The van der Waals surface area contributed by atoms with Crippen LogP contribution in [0.25, 0.3) is 0 Å². The van der Waals surface area contributed by atoms with Gasteiger partial charge in [-0.15, -0.1) is 11.8 Å². The highest BCUT2D eigenvalue weighted by atomic mass is 32.2. The van der Waals surface area contributed by atoms with Crippen LogP contribution in [0, 0.1) is 0 Å². The van der Waals surface area contributed by atoms with Gasteiger partial charge < -0.3 is 4.74 Å². The van der Waals surface area contributed by atoms with Gasteiger partial charge in [-0.3, -0.25) is 0 Å². The average molecular weight is 185 g/mol. The molecule has 0 aromatic heterocycles. The van der Waals surface area contributed by atoms with Gasteiger partial charge in [-0.2, -0.15) is 0 Å². The van der Waals surface area contributed by atoms with Crippen molar-refractivity contribution in [1.29, 1.82) is 0 Å². The summed E-state index contributed by atoms with van der Waals surface area (Å²) >= 11 is 1.55. The highest BCUT2D eigenvalue weighted by Crippen LogP contribution is 2.19. The van der Waals surface area contributed by atoms with Crippen molar-refractivity contribution in [2.45, 2.75) is 13.8 Å². The molecule has 0 unspecified atom stereocenters. The lowest BCUT2D eigenvalue weighted by molar-refractivity contribution is 0.305. The molecule has 0 bridgehead atoms. The minimum atomic E-state index is 0.726. The van der Waals surface area contributed by atoms with E-state index in [1.54, 1.807) is 24.9 Å². The van der Waals surface area contributed by atoms with Crippen molar-refractivity contribution >= 4 is 17.5 Å². The summed E-state index contributed by atoms with van der Waals surface area (Å²) in [6, 6.07) is 0. The fourth-order valence-electron chi connectivity index (χ4n) is 0.662. The van der Waals surface area contributed by atoms with Crippen LogP contribution in [0.2, 0.25) is 0 Å². The smallest absolute Gasteiger partial charge is 0.150 e. The normalized spacial score (nSPS) is 11.7. The number of thioether (sulfide) groups is 1. The Balaban J connectivity index is 4.82. The van der Waals surface area contributed by atoms with Gasteiger partial charge in [0.2, 0.25) is 0 Å². The standard InChI is InChI=1S/C9H15NOS/c1-6-8(11-4)9(12-5)10-7(2)3/h6H,1H2,2-5H3. The van der Waals surface area contributed by atoms with Crippen molar-refractivity contribution in [2.24, 2.45) is 4.99 Å². The van der Waals surface area contributed by atoms with Crippen LogP contribution in [-0.2, 0) is 4.74 Å². The fraction of sp³-hybridized carbons (Fsp3) is 0.444. The maximum absolute atomic E-state index is 5.09. The Kier molecular flexibility index (Phi) is 5.54. The number of methoxy groups -OCH3 is 1. The Labute approximate surface area is 78.4 Å². The third kappa shape index (κ3) is 3.62. The van der Waals surface area contributed by atoms with Gasteiger partial charge in [0.1, 0.15) is 10.8 Å². The Morgan fingerprint density at radius 2 is 2.08 bits per heavy atom. The summed E-state index contributed by atoms with van der Waals surface area (Å²) in [6.07, 6.45) is 3.63. The number of hydrogen-bond acceptors (Lipinski definition) is 3. The van der Waals surface area contributed by atoms with E-state index < -0.39 is 0 Å². The lowest BCUT2D eigenvalue weighted by Gasteiger charge is -2.04. The first-order valence-corrected chi connectivity index (χ1v) is 4.84. The van der Waals surface area contributed by atoms with Gasteiger partial charge in [0, 0.05) is 5.71 Å². The molecule has 0 N–H and O–H groups in total. The molecule has 0 rings (SSSR count). The van der Waals surface area contributed by atoms with Crippen LogP contribution < -0.4 is 0 Å². The molecule has 3 heteroatoms. The molecule has 0 spiro atoms. The summed E-state index contributed by atoms with van der Waals surface area (Å²) in [4.78, 5) is 4.30. The van der Waals surface area contributed by atoms with E-state index in [0.717, 1.165) is 16.5 Å². The van der Waals surface area contributed by atoms with Crippen molar-refractivity contribution in [3.8, 4) is 0 Å². The Morgan fingerprint density at radius 3 is 2.33 bits per heavy atom. The fourth-order valence-corrected chi connectivity index (χ4v) is 1.30. The maximum atomic E-state index is 5.09. The summed E-state index contributed by atoms with van der Waals surface area (Å²) in [6.45, 7) is 7.54. The highest BCUT2D eigenvalue weighted by Gasteiger charge is 2.00. The van der Waals surface area contributed by atoms with Gasteiger partial charge in [-0.05, 0) is 26.2 Å². The molecular weight excluding hydrogens is 170 g/mol. The second-order valence-electron chi connectivity index (χ2n) is 2.34. The molecule has 0 fully saturated rings.